The van der Waals surface area contributed by atoms with E-state index in [2.05, 4.69) is 9.97 Å². The summed E-state index contributed by atoms with van der Waals surface area (Å²) in [7, 11) is 0. The van der Waals surface area contributed by atoms with Gasteiger partial charge in [-0.05, 0) is 25.7 Å². The maximum absolute atomic E-state index is 13.4. The summed E-state index contributed by atoms with van der Waals surface area (Å²) in [5, 5.41) is 9.59. The lowest BCUT2D eigenvalue weighted by Gasteiger charge is -2.34. The van der Waals surface area contributed by atoms with E-state index in [-0.39, 0.29) is 16.2 Å². The van der Waals surface area contributed by atoms with E-state index in [0.717, 1.165) is 12.8 Å². The Balaban J connectivity index is 2.36. The first-order chi connectivity index (χ1) is 11.2. The Morgan fingerprint density at radius 3 is 2.71 bits per heavy atom. The van der Waals surface area contributed by atoms with Crippen LogP contribution < -0.4 is 4.90 Å². The molecule has 1 N–H and O–H groups in total. The lowest BCUT2D eigenvalue weighted by molar-refractivity contribution is -0.141. The molecule has 24 heavy (non-hydrogen) atoms. The van der Waals surface area contributed by atoms with Crippen LogP contribution >= 0.6 is 11.6 Å². The number of H-pyrrole nitrogens is 1. The van der Waals surface area contributed by atoms with Crippen LogP contribution in [0.15, 0.2) is 0 Å². The van der Waals surface area contributed by atoms with Crippen molar-refractivity contribution in [2.24, 2.45) is 5.92 Å². The van der Waals surface area contributed by atoms with Gasteiger partial charge in [-0.25, -0.2) is 4.98 Å². The van der Waals surface area contributed by atoms with Gasteiger partial charge in [0.15, 0.2) is 5.69 Å². The van der Waals surface area contributed by atoms with Crippen molar-refractivity contribution >= 4 is 28.3 Å². The Bertz CT molecular complexity index is 835. The van der Waals surface area contributed by atoms with Gasteiger partial charge in [0.25, 0.3) is 0 Å². The zero-order valence-electron chi connectivity index (χ0n) is 13.3. The van der Waals surface area contributed by atoms with Crippen molar-refractivity contribution in [1.29, 1.82) is 5.26 Å². The topological polar surface area (TPSA) is 55.7 Å². The quantitative estimate of drug-likeness (QED) is 0.809. The van der Waals surface area contributed by atoms with Crippen LogP contribution in [-0.2, 0) is 6.18 Å². The van der Waals surface area contributed by atoms with E-state index in [1.54, 1.807) is 13.0 Å². The van der Waals surface area contributed by atoms with Crippen LogP contribution in [0.3, 0.4) is 0 Å². The maximum Gasteiger partial charge on any atom is 0.434 e. The molecule has 0 bridgehead atoms. The van der Waals surface area contributed by atoms with Crippen molar-refractivity contribution in [3.8, 4) is 6.07 Å². The Morgan fingerprint density at radius 2 is 2.12 bits per heavy atom. The highest BCUT2D eigenvalue weighted by molar-refractivity contribution is 6.36. The summed E-state index contributed by atoms with van der Waals surface area (Å²) in [6, 6.07) is 1.72. The minimum absolute atomic E-state index is 0.0636. The standard InChI is InChI=1S/C16H16ClF3N4/c1-8-4-3-5-24(7-8)14-10(6-21)15(16(18,19)20)23-12-11(17)9(2)22-13(12)14/h8,22H,3-5,7H2,1-2H3/t8-/m0/s1. The lowest BCUT2D eigenvalue weighted by atomic mass is 9.98. The summed E-state index contributed by atoms with van der Waals surface area (Å²) < 4.78 is 40.3. The molecule has 0 amide bonds. The average molecular weight is 357 g/mol. The number of piperidine rings is 1. The van der Waals surface area contributed by atoms with Gasteiger partial charge in [0, 0.05) is 18.8 Å². The average Bonchev–Trinajstić information content (AvgIpc) is 2.79. The molecule has 128 valence electrons. The molecule has 3 heterocycles. The van der Waals surface area contributed by atoms with Crippen LogP contribution in [-0.4, -0.2) is 23.1 Å². The smallest absolute Gasteiger partial charge is 0.368 e. The third kappa shape index (κ3) is 2.69. The Labute approximate surface area is 142 Å². The predicted molar refractivity (Wildman–Crippen MR) is 86.2 cm³/mol. The van der Waals surface area contributed by atoms with Crippen molar-refractivity contribution < 1.29 is 13.2 Å². The van der Waals surface area contributed by atoms with E-state index < -0.39 is 17.4 Å². The van der Waals surface area contributed by atoms with Crippen LogP contribution in [0.5, 0.6) is 0 Å². The zero-order valence-corrected chi connectivity index (χ0v) is 14.0. The van der Waals surface area contributed by atoms with Crippen LogP contribution in [0.2, 0.25) is 5.02 Å². The second-order valence-corrected chi connectivity index (χ2v) is 6.65. The molecule has 0 spiro atoms. The summed E-state index contributed by atoms with van der Waals surface area (Å²) in [5.41, 5.74) is -0.358. The second kappa shape index (κ2) is 5.85. The molecule has 4 nitrogen and oxygen atoms in total. The first-order valence-electron chi connectivity index (χ1n) is 7.68. The van der Waals surface area contributed by atoms with Gasteiger partial charge >= 0.3 is 6.18 Å². The molecule has 1 atom stereocenters. The molecule has 0 radical (unpaired) electrons. The van der Waals surface area contributed by atoms with Gasteiger partial charge in [0.2, 0.25) is 0 Å². The molecule has 2 aromatic heterocycles. The van der Waals surface area contributed by atoms with Crippen molar-refractivity contribution in [2.75, 3.05) is 18.0 Å². The number of hydrogen-bond donors (Lipinski definition) is 1. The molecular weight excluding hydrogens is 341 g/mol. The fraction of sp³-hybridized carbons (Fsp3) is 0.500. The number of nitrogens with zero attached hydrogens (tertiary/aromatic N) is 3. The summed E-state index contributed by atoms with van der Waals surface area (Å²) in [4.78, 5) is 8.53. The predicted octanol–water partition coefficient (Wildman–Crippen LogP) is 4.65. The maximum atomic E-state index is 13.4. The third-order valence-electron chi connectivity index (χ3n) is 4.37. The Kier molecular flexibility index (Phi) is 4.12. The normalized spacial score (nSPS) is 18.9. The molecule has 1 aliphatic heterocycles. The zero-order chi connectivity index (χ0) is 17.6. The number of anilines is 1. The molecule has 8 heteroatoms. The monoisotopic (exact) mass is 356 g/mol. The van der Waals surface area contributed by atoms with Crippen LogP contribution in [0, 0.1) is 24.2 Å². The SMILES string of the molecule is Cc1[nH]c2c(N3CCC[C@H](C)C3)c(C#N)c(C(F)(F)F)nc2c1Cl. The van der Waals surface area contributed by atoms with Gasteiger partial charge in [-0.3, -0.25) is 0 Å². The third-order valence-corrected chi connectivity index (χ3v) is 4.84. The highest BCUT2D eigenvalue weighted by Crippen LogP contribution is 2.42. The molecule has 2 aromatic rings. The molecule has 0 saturated carbocycles. The van der Waals surface area contributed by atoms with Gasteiger partial charge in [-0.15, -0.1) is 0 Å². The van der Waals surface area contributed by atoms with Gasteiger partial charge < -0.3 is 9.88 Å². The van der Waals surface area contributed by atoms with Gasteiger partial charge in [0.1, 0.15) is 17.1 Å². The molecular formula is C16H16ClF3N4. The van der Waals surface area contributed by atoms with Crippen molar-refractivity contribution in [1.82, 2.24) is 9.97 Å². The molecule has 1 fully saturated rings. The number of aromatic nitrogens is 2. The number of nitrogens with one attached hydrogen (secondary N) is 1. The van der Waals surface area contributed by atoms with Crippen molar-refractivity contribution in [2.45, 2.75) is 32.9 Å². The number of rotatable bonds is 1. The molecule has 0 aliphatic carbocycles. The summed E-state index contributed by atoms with van der Waals surface area (Å²) >= 11 is 6.14. The second-order valence-electron chi connectivity index (χ2n) is 6.27. The minimum Gasteiger partial charge on any atom is -0.368 e. The summed E-state index contributed by atoms with van der Waals surface area (Å²) in [5.74, 6) is 0.342. The summed E-state index contributed by atoms with van der Waals surface area (Å²) in [6.45, 7) is 4.92. The van der Waals surface area contributed by atoms with Gasteiger partial charge in [-0.1, -0.05) is 18.5 Å². The van der Waals surface area contributed by atoms with E-state index in [9.17, 15) is 18.4 Å². The number of hydrogen-bond acceptors (Lipinski definition) is 3. The Hall–Kier alpha value is -1.94. The van der Waals surface area contributed by atoms with Crippen LogP contribution in [0.1, 0.15) is 36.7 Å². The number of aryl methyl sites for hydroxylation is 1. The van der Waals surface area contributed by atoms with E-state index in [1.807, 2.05) is 11.8 Å². The van der Waals surface area contributed by atoms with Crippen molar-refractivity contribution in [3.05, 3.63) is 22.0 Å². The first-order valence-corrected chi connectivity index (χ1v) is 8.05. The lowest BCUT2D eigenvalue weighted by Crippen LogP contribution is -2.35. The highest BCUT2D eigenvalue weighted by atomic mass is 35.5. The van der Waals surface area contributed by atoms with E-state index >= 15 is 0 Å². The molecule has 0 unspecified atom stereocenters. The van der Waals surface area contributed by atoms with Gasteiger partial charge in [0.05, 0.1) is 16.2 Å². The Morgan fingerprint density at radius 1 is 1.42 bits per heavy atom. The van der Waals surface area contributed by atoms with Crippen molar-refractivity contribution in [3.63, 3.8) is 0 Å². The fourth-order valence-corrected chi connectivity index (χ4v) is 3.47. The molecule has 1 saturated heterocycles. The molecule has 3 rings (SSSR count). The van der Waals surface area contributed by atoms with E-state index in [4.69, 9.17) is 11.6 Å². The molecule has 0 aromatic carbocycles. The molecule has 1 aliphatic rings. The van der Waals surface area contributed by atoms with Gasteiger partial charge in [-0.2, -0.15) is 18.4 Å². The minimum atomic E-state index is -4.72. The number of pyridine rings is 1. The van der Waals surface area contributed by atoms with Crippen LogP contribution in [0.25, 0.3) is 11.0 Å². The fourth-order valence-electron chi connectivity index (χ4n) is 3.29. The highest BCUT2D eigenvalue weighted by Gasteiger charge is 2.39. The number of alkyl halides is 3. The number of aromatic amines is 1. The van der Waals surface area contributed by atoms with Crippen LogP contribution in [0.4, 0.5) is 18.9 Å². The van der Waals surface area contributed by atoms with E-state index in [0.29, 0.717) is 30.2 Å². The summed E-state index contributed by atoms with van der Waals surface area (Å²) in [6.07, 6.45) is -2.84. The number of nitriles is 1. The number of fused-ring (bicyclic) bond motifs is 1. The first kappa shape index (κ1) is 16.9. The van der Waals surface area contributed by atoms with E-state index in [1.165, 1.54) is 0 Å². The number of halogens is 4. The largest absolute Gasteiger partial charge is 0.434 e.